The summed E-state index contributed by atoms with van der Waals surface area (Å²) in [6.07, 6.45) is 0. The molecule has 0 aliphatic heterocycles. The Bertz CT molecular complexity index is 856. The highest BCUT2D eigenvalue weighted by Gasteiger charge is 2.13. The molecule has 1 amide bonds. The molecular formula is C16H15NO4S. The van der Waals surface area contributed by atoms with Crippen LogP contribution in [0.3, 0.4) is 0 Å². The molecule has 1 atom stereocenters. The van der Waals surface area contributed by atoms with Gasteiger partial charge in [0, 0.05) is 22.2 Å². The van der Waals surface area contributed by atoms with Crippen molar-refractivity contribution < 1.29 is 18.5 Å². The lowest BCUT2D eigenvalue weighted by Gasteiger charge is -2.04. The number of benzene rings is 2. The quantitative estimate of drug-likeness (QED) is 0.752. The molecule has 22 heavy (non-hydrogen) atoms. The molecule has 1 heterocycles. The number of fused-ring (bicyclic) bond motifs is 3. The first-order valence-electron chi connectivity index (χ1n) is 6.86. The number of hydrogen-bond acceptors (Lipinski definition) is 4. The molecule has 0 bridgehead atoms. The van der Waals surface area contributed by atoms with Gasteiger partial charge in [-0.3, -0.25) is 9.00 Å². The molecule has 3 rings (SSSR count). The number of aliphatic hydroxyl groups is 1. The van der Waals surface area contributed by atoms with E-state index in [1.165, 1.54) is 0 Å². The number of carbonyl (C=O) groups excluding carboxylic acids is 1. The van der Waals surface area contributed by atoms with Gasteiger partial charge in [-0.15, -0.1) is 0 Å². The largest absolute Gasteiger partial charge is 0.456 e. The van der Waals surface area contributed by atoms with Gasteiger partial charge in [0.05, 0.1) is 17.4 Å². The van der Waals surface area contributed by atoms with E-state index < -0.39 is 10.8 Å². The third kappa shape index (κ3) is 2.88. The van der Waals surface area contributed by atoms with Crippen molar-refractivity contribution in [1.29, 1.82) is 0 Å². The second-order valence-corrected chi connectivity index (χ2v) is 6.27. The van der Waals surface area contributed by atoms with Crippen LogP contribution >= 0.6 is 0 Å². The summed E-state index contributed by atoms with van der Waals surface area (Å²) in [7, 11) is -1.44. The van der Waals surface area contributed by atoms with Gasteiger partial charge in [-0.05, 0) is 24.3 Å². The lowest BCUT2D eigenvalue weighted by molar-refractivity contribution is -0.118. The van der Waals surface area contributed by atoms with E-state index in [9.17, 15) is 9.00 Å². The van der Waals surface area contributed by atoms with Crippen LogP contribution in [0.5, 0.6) is 0 Å². The van der Waals surface area contributed by atoms with Gasteiger partial charge in [-0.2, -0.15) is 0 Å². The van der Waals surface area contributed by atoms with Crippen molar-refractivity contribution in [3.63, 3.8) is 0 Å². The van der Waals surface area contributed by atoms with Crippen LogP contribution in [0, 0.1) is 0 Å². The number of aliphatic hydroxyl groups excluding tert-OH is 1. The summed E-state index contributed by atoms with van der Waals surface area (Å²) in [5.74, 6) is -0.467. The minimum atomic E-state index is -1.44. The summed E-state index contributed by atoms with van der Waals surface area (Å²) < 4.78 is 18.0. The predicted molar refractivity (Wildman–Crippen MR) is 85.1 cm³/mol. The van der Waals surface area contributed by atoms with Crippen LogP contribution in [-0.4, -0.2) is 34.1 Å². The van der Waals surface area contributed by atoms with Gasteiger partial charge in [-0.25, -0.2) is 0 Å². The van der Waals surface area contributed by atoms with Crippen LogP contribution in [0.4, 0.5) is 0 Å². The van der Waals surface area contributed by atoms with E-state index in [4.69, 9.17) is 9.52 Å². The second-order valence-electron chi connectivity index (χ2n) is 4.82. The van der Waals surface area contributed by atoms with Gasteiger partial charge < -0.3 is 14.8 Å². The summed E-state index contributed by atoms with van der Waals surface area (Å²) in [5, 5.41) is 13.0. The summed E-state index contributed by atoms with van der Waals surface area (Å²) in [5.41, 5.74) is 1.51. The average molecular weight is 317 g/mol. The zero-order chi connectivity index (χ0) is 15.5. The topological polar surface area (TPSA) is 79.5 Å². The third-order valence-corrected chi connectivity index (χ3v) is 4.61. The van der Waals surface area contributed by atoms with E-state index >= 15 is 0 Å². The van der Waals surface area contributed by atoms with Crippen LogP contribution in [0.1, 0.15) is 0 Å². The summed E-state index contributed by atoms with van der Waals surface area (Å²) in [6, 6.07) is 12.9. The molecule has 6 heteroatoms. The van der Waals surface area contributed by atoms with E-state index in [2.05, 4.69) is 5.32 Å². The molecule has 5 nitrogen and oxygen atoms in total. The molecule has 0 saturated carbocycles. The van der Waals surface area contributed by atoms with Crippen molar-refractivity contribution >= 4 is 38.6 Å². The van der Waals surface area contributed by atoms with Gasteiger partial charge in [0.2, 0.25) is 5.91 Å². The molecule has 0 spiro atoms. The highest BCUT2D eigenvalue weighted by Crippen LogP contribution is 2.29. The zero-order valence-corrected chi connectivity index (χ0v) is 12.6. The number of rotatable bonds is 5. The maximum Gasteiger partial charge on any atom is 0.233 e. The van der Waals surface area contributed by atoms with Gasteiger partial charge in [0.15, 0.2) is 0 Å². The maximum absolute atomic E-state index is 12.3. The van der Waals surface area contributed by atoms with Crippen LogP contribution in [0.15, 0.2) is 51.8 Å². The van der Waals surface area contributed by atoms with Gasteiger partial charge in [0.25, 0.3) is 0 Å². The Kier molecular flexibility index (Phi) is 4.22. The Labute approximate surface area is 129 Å². The van der Waals surface area contributed by atoms with Crippen molar-refractivity contribution in [2.45, 2.75) is 4.90 Å². The first-order chi connectivity index (χ1) is 10.7. The highest BCUT2D eigenvalue weighted by atomic mass is 32.2. The normalized spacial score (nSPS) is 12.6. The van der Waals surface area contributed by atoms with Gasteiger partial charge in [-0.1, -0.05) is 18.2 Å². The molecule has 0 aliphatic carbocycles. The summed E-state index contributed by atoms with van der Waals surface area (Å²) in [6.45, 7) is 0.0345. The van der Waals surface area contributed by atoms with Crippen molar-refractivity contribution in [3.8, 4) is 0 Å². The molecule has 0 radical (unpaired) electrons. The summed E-state index contributed by atoms with van der Waals surface area (Å²) in [4.78, 5) is 12.2. The Morgan fingerprint density at radius 3 is 2.73 bits per heavy atom. The molecule has 114 valence electrons. The van der Waals surface area contributed by atoms with Crippen molar-refractivity contribution in [3.05, 3.63) is 42.5 Å². The molecule has 2 N–H and O–H groups in total. The Balaban J connectivity index is 1.89. The summed E-state index contributed by atoms with van der Waals surface area (Å²) >= 11 is 0. The number of furan rings is 1. The zero-order valence-electron chi connectivity index (χ0n) is 11.7. The van der Waals surface area contributed by atoms with Crippen LogP contribution in [0.2, 0.25) is 0 Å². The van der Waals surface area contributed by atoms with Crippen molar-refractivity contribution in [1.82, 2.24) is 5.32 Å². The second kappa shape index (κ2) is 6.29. The predicted octanol–water partition coefficient (Wildman–Crippen LogP) is 1.80. The fourth-order valence-electron chi connectivity index (χ4n) is 2.30. The van der Waals surface area contributed by atoms with Gasteiger partial charge in [0.1, 0.15) is 16.9 Å². The van der Waals surface area contributed by atoms with Crippen molar-refractivity contribution in [2.75, 3.05) is 18.9 Å². The number of hydrogen-bond donors (Lipinski definition) is 2. The monoisotopic (exact) mass is 317 g/mol. The fraction of sp³-hybridized carbons (Fsp3) is 0.188. The Hall–Kier alpha value is -2.18. The van der Waals surface area contributed by atoms with E-state index in [1.807, 2.05) is 24.3 Å². The molecule has 3 aromatic rings. The lowest BCUT2D eigenvalue weighted by Crippen LogP contribution is -2.30. The number of amides is 1. The molecular weight excluding hydrogens is 302 g/mol. The van der Waals surface area contributed by atoms with Crippen molar-refractivity contribution in [2.24, 2.45) is 0 Å². The Morgan fingerprint density at radius 2 is 1.91 bits per heavy atom. The van der Waals surface area contributed by atoms with Gasteiger partial charge >= 0.3 is 0 Å². The van der Waals surface area contributed by atoms with E-state index in [0.717, 1.165) is 21.9 Å². The molecule has 1 unspecified atom stereocenters. The molecule has 2 aromatic carbocycles. The van der Waals surface area contributed by atoms with E-state index in [0.29, 0.717) is 4.90 Å². The smallest absolute Gasteiger partial charge is 0.233 e. The Morgan fingerprint density at radius 1 is 1.14 bits per heavy atom. The first-order valence-corrected chi connectivity index (χ1v) is 8.18. The molecule has 1 aromatic heterocycles. The first kappa shape index (κ1) is 14.7. The lowest BCUT2D eigenvalue weighted by atomic mass is 10.1. The molecule has 0 fully saturated rings. The SMILES string of the molecule is O=C(CS(=O)c1ccc2oc3ccccc3c2c1)NCCO. The number of nitrogens with one attached hydrogen (secondary N) is 1. The minimum absolute atomic E-state index is 0.124. The van der Waals surface area contributed by atoms with E-state index in [-0.39, 0.29) is 24.8 Å². The molecule has 0 saturated heterocycles. The highest BCUT2D eigenvalue weighted by molar-refractivity contribution is 7.85. The minimum Gasteiger partial charge on any atom is -0.456 e. The standard InChI is InChI=1S/C16H15NO4S/c18-8-7-17-16(19)10-22(20)11-5-6-15-13(9-11)12-3-1-2-4-14(12)21-15/h1-6,9,18H,7-8,10H2,(H,17,19). The third-order valence-electron chi connectivity index (χ3n) is 3.31. The van der Waals surface area contributed by atoms with Crippen LogP contribution in [0.25, 0.3) is 21.9 Å². The van der Waals surface area contributed by atoms with Crippen LogP contribution in [-0.2, 0) is 15.6 Å². The average Bonchev–Trinajstić information content (AvgIpc) is 2.90. The van der Waals surface area contributed by atoms with Crippen LogP contribution < -0.4 is 5.32 Å². The fourth-order valence-corrected chi connectivity index (χ4v) is 3.27. The number of para-hydroxylation sites is 1. The maximum atomic E-state index is 12.3. The molecule has 0 aliphatic rings. The number of carbonyl (C=O) groups is 1. The van der Waals surface area contributed by atoms with E-state index in [1.54, 1.807) is 18.2 Å².